The molecule has 1 fully saturated rings. The van der Waals surface area contributed by atoms with Crippen LogP contribution in [0.3, 0.4) is 0 Å². The van der Waals surface area contributed by atoms with Crippen LogP contribution in [0, 0.1) is 16.7 Å². The molecule has 0 saturated heterocycles. The number of methoxy groups -OCH3 is 1. The number of nitriles is 1. The number of rotatable bonds is 5. The van der Waals surface area contributed by atoms with Crippen molar-refractivity contribution in [3.8, 4) is 6.07 Å². The normalized spacial score (nSPS) is 16.1. The Kier molecular flexibility index (Phi) is 3.88. The van der Waals surface area contributed by atoms with Crippen molar-refractivity contribution in [1.82, 2.24) is 4.90 Å². The molecule has 0 heterocycles. The monoisotopic (exact) mass is 224 g/mol. The molecule has 1 aliphatic rings. The summed E-state index contributed by atoms with van der Waals surface area (Å²) in [5, 5.41) is 8.63. The third kappa shape index (κ3) is 2.16. The van der Waals surface area contributed by atoms with Gasteiger partial charge in [-0.15, -0.1) is 0 Å². The van der Waals surface area contributed by atoms with E-state index in [9.17, 15) is 9.59 Å². The van der Waals surface area contributed by atoms with Crippen LogP contribution < -0.4 is 0 Å². The fraction of sp³-hybridized carbons (Fsp3) is 0.727. The second kappa shape index (κ2) is 4.97. The summed E-state index contributed by atoms with van der Waals surface area (Å²) in [6.07, 6.45) is 1.83. The minimum Gasteiger partial charge on any atom is -0.468 e. The molecular formula is C11H16N2O3. The molecule has 1 amide bonds. The molecule has 5 heteroatoms. The molecule has 0 aromatic rings. The third-order valence-corrected chi connectivity index (χ3v) is 2.78. The minimum absolute atomic E-state index is 0.0332. The van der Waals surface area contributed by atoms with Gasteiger partial charge in [-0.2, -0.15) is 5.26 Å². The molecule has 0 aromatic heterocycles. The lowest BCUT2D eigenvalue weighted by Crippen LogP contribution is -2.42. The second-order valence-electron chi connectivity index (χ2n) is 3.96. The lowest BCUT2D eigenvalue weighted by molar-refractivity contribution is -0.155. The van der Waals surface area contributed by atoms with E-state index < -0.39 is 11.4 Å². The Labute approximate surface area is 95.0 Å². The van der Waals surface area contributed by atoms with E-state index in [0.717, 1.165) is 6.42 Å². The summed E-state index contributed by atoms with van der Waals surface area (Å²) in [6.45, 7) is 2.46. The number of esters is 1. The third-order valence-electron chi connectivity index (χ3n) is 2.78. The molecule has 0 atom stereocenters. The highest BCUT2D eigenvalue weighted by molar-refractivity contribution is 6.05. The number of hydrogen-bond acceptors (Lipinski definition) is 4. The summed E-state index contributed by atoms with van der Waals surface area (Å²) in [5.41, 5.74) is -0.985. The topological polar surface area (TPSA) is 70.4 Å². The zero-order valence-corrected chi connectivity index (χ0v) is 9.65. The number of amides is 1. The van der Waals surface area contributed by atoms with Crippen molar-refractivity contribution >= 4 is 11.9 Å². The molecule has 0 N–H and O–H groups in total. The van der Waals surface area contributed by atoms with Crippen LogP contribution in [0.1, 0.15) is 26.2 Å². The van der Waals surface area contributed by atoms with Crippen molar-refractivity contribution in [3.05, 3.63) is 0 Å². The molecule has 1 rings (SSSR count). The van der Waals surface area contributed by atoms with Crippen LogP contribution in [0.25, 0.3) is 0 Å². The van der Waals surface area contributed by atoms with Crippen molar-refractivity contribution in [2.45, 2.75) is 26.2 Å². The average molecular weight is 224 g/mol. The molecule has 16 heavy (non-hydrogen) atoms. The van der Waals surface area contributed by atoms with Crippen molar-refractivity contribution in [1.29, 1.82) is 5.26 Å². The molecule has 0 unspecified atom stereocenters. The Hall–Kier alpha value is -1.57. The number of carbonyl (C=O) groups is 2. The number of carbonyl (C=O) groups excluding carboxylic acids is 2. The van der Waals surface area contributed by atoms with Gasteiger partial charge in [0.15, 0.2) is 0 Å². The first-order valence-corrected chi connectivity index (χ1v) is 5.37. The van der Waals surface area contributed by atoms with Crippen molar-refractivity contribution < 1.29 is 14.3 Å². The summed E-state index contributed by atoms with van der Waals surface area (Å²) < 4.78 is 4.64. The van der Waals surface area contributed by atoms with Crippen LogP contribution in [0.15, 0.2) is 0 Å². The van der Waals surface area contributed by atoms with E-state index in [0.29, 0.717) is 19.4 Å². The Morgan fingerprint density at radius 2 is 2.12 bits per heavy atom. The first kappa shape index (κ1) is 12.5. The van der Waals surface area contributed by atoms with Gasteiger partial charge in [0.2, 0.25) is 5.91 Å². The second-order valence-corrected chi connectivity index (χ2v) is 3.96. The van der Waals surface area contributed by atoms with Gasteiger partial charge < -0.3 is 9.64 Å². The zero-order chi connectivity index (χ0) is 12.2. The summed E-state index contributed by atoms with van der Waals surface area (Å²) in [5.74, 6) is -0.737. The molecule has 0 aromatic carbocycles. The molecular weight excluding hydrogens is 208 g/mol. The van der Waals surface area contributed by atoms with Gasteiger partial charge in [-0.3, -0.25) is 9.59 Å². The first-order valence-electron chi connectivity index (χ1n) is 5.37. The first-order chi connectivity index (χ1) is 7.62. The van der Waals surface area contributed by atoms with Gasteiger partial charge in [-0.1, -0.05) is 6.92 Å². The standard InChI is InChI=1S/C11H16N2O3/c1-3-7-13(8-6-12)9(14)11(4-5-11)10(15)16-2/h3-5,7-8H2,1-2H3. The molecule has 0 bridgehead atoms. The van der Waals surface area contributed by atoms with Crippen LogP contribution in [-0.2, 0) is 14.3 Å². The van der Waals surface area contributed by atoms with Crippen LogP contribution in [0.4, 0.5) is 0 Å². The highest BCUT2D eigenvalue weighted by Crippen LogP contribution is 2.48. The van der Waals surface area contributed by atoms with E-state index in [2.05, 4.69) is 4.74 Å². The summed E-state index contributed by atoms with van der Waals surface area (Å²) in [4.78, 5) is 25.0. The molecule has 0 radical (unpaired) electrons. The largest absolute Gasteiger partial charge is 0.468 e. The highest BCUT2D eigenvalue weighted by atomic mass is 16.5. The minimum atomic E-state index is -0.985. The van der Waals surface area contributed by atoms with Crippen molar-refractivity contribution in [2.24, 2.45) is 5.41 Å². The van der Waals surface area contributed by atoms with E-state index in [1.165, 1.54) is 12.0 Å². The maximum Gasteiger partial charge on any atom is 0.321 e. The predicted octanol–water partition coefficient (Wildman–Crippen LogP) is 0.702. The van der Waals surface area contributed by atoms with Crippen LogP contribution in [0.2, 0.25) is 0 Å². The number of nitrogens with zero attached hydrogens (tertiary/aromatic N) is 2. The Morgan fingerprint density at radius 3 is 2.50 bits per heavy atom. The number of ether oxygens (including phenoxy) is 1. The van der Waals surface area contributed by atoms with E-state index in [1.807, 2.05) is 13.0 Å². The van der Waals surface area contributed by atoms with Crippen molar-refractivity contribution in [3.63, 3.8) is 0 Å². The molecule has 0 spiro atoms. The Balaban J connectivity index is 2.75. The molecule has 5 nitrogen and oxygen atoms in total. The highest BCUT2D eigenvalue weighted by Gasteiger charge is 2.59. The summed E-state index contributed by atoms with van der Waals surface area (Å²) in [7, 11) is 1.28. The average Bonchev–Trinajstić information content (AvgIpc) is 3.08. The van der Waals surface area contributed by atoms with Crippen molar-refractivity contribution in [2.75, 3.05) is 20.2 Å². The van der Waals surface area contributed by atoms with Gasteiger partial charge in [0, 0.05) is 6.54 Å². The van der Waals surface area contributed by atoms with E-state index >= 15 is 0 Å². The fourth-order valence-corrected chi connectivity index (χ4v) is 1.74. The van der Waals surface area contributed by atoms with Gasteiger partial charge in [-0.05, 0) is 19.3 Å². The van der Waals surface area contributed by atoms with Crippen LogP contribution in [0.5, 0.6) is 0 Å². The smallest absolute Gasteiger partial charge is 0.321 e. The zero-order valence-electron chi connectivity index (χ0n) is 9.65. The van der Waals surface area contributed by atoms with Gasteiger partial charge in [-0.25, -0.2) is 0 Å². The maximum atomic E-state index is 12.1. The Morgan fingerprint density at radius 1 is 1.50 bits per heavy atom. The van der Waals surface area contributed by atoms with E-state index in [-0.39, 0.29) is 12.5 Å². The SMILES string of the molecule is CCCN(CC#N)C(=O)C1(C(=O)OC)CC1. The molecule has 1 saturated carbocycles. The summed E-state index contributed by atoms with van der Waals surface area (Å²) in [6, 6.07) is 1.94. The quantitative estimate of drug-likeness (QED) is 0.391. The fourth-order valence-electron chi connectivity index (χ4n) is 1.74. The molecule has 88 valence electrons. The van der Waals surface area contributed by atoms with Gasteiger partial charge in [0.05, 0.1) is 13.2 Å². The van der Waals surface area contributed by atoms with Gasteiger partial charge in [0.1, 0.15) is 12.0 Å². The van der Waals surface area contributed by atoms with E-state index in [1.54, 1.807) is 0 Å². The number of hydrogen-bond donors (Lipinski definition) is 0. The van der Waals surface area contributed by atoms with E-state index in [4.69, 9.17) is 5.26 Å². The van der Waals surface area contributed by atoms with Crippen LogP contribution >= 0.6 is 0 Å². The lowest BCUT2D eigenvalue weighted by Gasteiger charge is -2.23. The van der Waals surface area contributed by atoms with Crippen LogP contribution in [-0.4, -0.2) is 37.0 Å². The predicted molar refractivity (Wildman–Crippen MR) is 56.2 cm³/mol. The lowest BCUT2D eigenvalue weighted by atomic mass is 10.1. The van der Waals surface area contributed by atoms with Gasteiger partial charge >= 0.3 is 5.97 Å². The molecule has 0 aliphatic heterocycles. The molecule has 1 aliphatic carbocycles. The maximum absolute atomic E-state index is 12.1. The van der Waals surface area contributed by atoms with Gasteiger partial charge in [0.25, 0.3) is 0 Å². The summed E-state index contributed by atoms with van der Waals surface area (Å²) >= 11 is 0. The Bertz CT molecular complexity index is 329.